The molecule has 23 heavy (non-hydrogen) atoms. The number of amides is 1. The quantitative estimate of drug-likeness (QED) is 0.923. The number of hydrogen-bond acceptors (Lipinski definition) is 3. The van der Waals surface area contributed by atoms with E-state index < -0.39 is 5.60 Å². The fourth-order valence-corrected chi connectivity index (χ4v) is 3.04. The van der Waals surface area contributed by atoms with Crippen LogP contribution < -0.4 is 0 Å². The SMILES string of the molecule is C[C@@H](c1cccc(O)c1)N1CC[C@](C)(c2ccccc2)OC1=O. The van der Waals surface area contributed by atoms with Crippen molar-refractivity contribution in [3.8, 4) is 5.75 Å². The summed E-state index contributed by atoms with van der Waals surface area (Å²) in [5, 5.41) is 9.62. The van der Waals surface area contributed by atoms with Crippen molar-refractivity contribution < 1.29 is 14.6 Å². The number of carbonyl (C=O) groups excluding carboxylic acids is 1. The summed E-state index contributed by atoms with van der Waals surface area (Å²) >= 11 is 0. The van der Waals surface area contributed by atoms with Crippen LogP contribution in [-0.2, 0) is 10.3 Å². The van der Waals surface area contributed by atoms with Crippen molar-refractivity contribution in [1.82, 2.24) is 4.90 Å². The van der Waals surface area contributed by atoms with E-state index in [4.69, 9.17) is 4.74 Å². The van der Waals surface area contributed by atoms with E-state index in [1.54, 1.807) is 23.1 Å². The smallest absolute Gasteiger partial charge is 0.411 e. The Bertz CT molecular complexity index is 701. The van der Waals surface area contributed by atoms with Crippen molar-refractivity contribution in [3.05, 3.63) is 65.7 Å². The molecule has 1 aliphatic rings. The molecule has 2 aromatic carbocycles. The second-order valence-electron chi connectivity index (χ2n) is 6.18. The first-order valence-electron chi connectivity index (χ1n) is 7.84. The summed E-state index contributed by atoms with van der Waals surface area (Å²) in [6, 6.07) is 16.7. The molecule has 2 atom stereocenters. The topological polar surface area (TPSA) is 49.8 Å². The van der Waals surface area contributed by atoms with Gasteiger partial charge in [0.1, 0.15) is 11.4 Å². The minimum atomic E-state index is -0.590. The van der Waals surface area contributed by atoms with Gasteiger partial charge in [0.2, 0.25) is 0 Å². The molecule has 0 aromatic heterocycles. The molecule has 1 fully saturated rings. The van der Waals surface area contributed by atoms with Crippen LogP contribution in [0.2, 0.25) is 0 Å². The summed E-state index contributed by atoms with van der Waals surface area (Å²) in [6.45, 7) is 4.51. The molecular formula is C19H21NO3. The van der Waals surface area contributed by atoms with Crippen LogP contribution in [0.1, 0.15) is 37.4 Å². The van der Waals surface area contributed by atoms with Crippen LogP contribution in [0.3, 0.4) is 0 Å². The molecule has 4 heteroatoms. The average molecular weight is 311 g/mol. The normalized spacial score (nSPS) is 22.5. The van der Waals surface area contributed by atoms with Gasteiger partial charge >= 0.3 is 6.09 Å². The van der Waals surface area contributed by atoms with Gasteiger partial charge in [-0.05, 0) is 37.1 Å². The van der Waals surface area contributed by atoms with E-state index in [0.29, 0.717) is 6.54 Å². The Hall–Kier alpha value is -2.49. The van der Waals surface area contributed by atoms with Gasteiger partial charge in [-0.15, -0.1) is 0 Å². The Morgan fingerprint density at radius 1 is 1.17 bits per heavy atom. The third kappa shape index (κ3) is 3.02. The number of phenols is 1. The third-order valence-corrected chi connectivity index (χ3v) is 4.58. The highest BCUT2D eigenvalue weighted by atomic mass is 16.6. The van der Waals surface area contributed by atoms with Gasteiger partial charge in [0.25, 0.3) is 0 Å². The highest BCUT2D eigenvalue weighted by Crippen LogP contribution is 2.36. The molecule has 1 aliphatic heterocycles. The van der Waals surface area contributed by atoms with E-state index >= 15 is 0 Å². The van der Waals surface area contributed by atoms with Crippen molar-refractivity contribution >= 4 is 6.09 Å². The first-order valence-corrected chi connectivity index (χ1v) is 7.84. The van der Waals surface area contributed by atoms with Crippen LogP contribution in [0.4, 0.5) is 4.79 Å². The lowest BCUT2D eigenvalue weighted by molar-refractivity contribution is -0.0491. The van der Waals surface area contributed by atoms with Crippen molar-refractivity contribution in [1.29, 1.82) is 0 Å². The molecule has 0 aliphatic carbocycles. The van der Waals surface area contributed by atoms with E-state index in [1.165, 1.54) is 0 Å². The van der Waals surface area contributed by atoms with Crippen LogP contribution >= 0.6 is 0 Å². The lowest BCUT2D eigenvalue weighted by atomic mass is 9.90. The largest absolute Gasteiger partial charge is 0.508 e. The lowest BCUT2D eigenvalue weighted by Gasteiger charge is -2.41. The van der Waals surface area contributed by atoms with Gasteiger partial charge in [-0.1, -0.05) is 42.5 Å². The molecule has 120 valence electrons. The van der Waals surface area contributed by atoms with E-state index in [2.05, 4.69) is 0 Å². The van der Waals surface area contributed by atoms with Gasteiger partial charge < -0.3 is 14.7 Å². The second kappa shape index (κ2) is 5.95. The zero-order valence-corrected chi connectivity index (χ0v) is 13.4. The molecular weight excluding hydrogens is 290 g/mol. The lowest BCUT2D eigenvalue weighted by Crippen LogP contribution is -2.47. The van der Waals surface area contributed by atoms with Gasteiger partial charge in [-0.2, -0.15) is 0 Å². The molecule has 0 saturated carbocycles. The van der Waals surface area contributed by atoms with E-state index in [1.807, 2.05) is 50.2 Å². The van der Waals surface area contributed by atoms with Crippen LogP contribution in [0.5, 0.6) is 5.75 Å². The molecule has 1 N–H and O–H groups in total. The summed E-state index contributed by atoms with van der Waals surface area (Å²) in [7, 11) is 0. The molecule has 2 aromatic rings. The van der Waals surface area contributed by atoms with Crippen LogP contribution in [0.15, 0.2) is 54.6 Å². The van der Waals surface area contributed by atoms with E-state index in [9.17, 15) is 9.90 Å². The van der Waals surface area contributed by atoms with E-state index in [0.717, 1.165) is 17.5 Å². The number of phenolic OH excluding ortho intramolecular Hbond substituents is 1. The number of rotatable bonds is 3. The molecule has 4 nitrogen and oxygen atoms in total. The molecule has 1 saturated heterocycles. The Kier molecular flexibility index (Phi) is 3.99. The Morgan fingerprint density at radius 3 is 2.57 bits per heavy atom. The molecule has 1 amide bonds. The van der Waals surface area contributed by atoms with Crippen molar-refractivity contribution in [2.75, 3.05) is 6.54 Å². The van der Waals surface area contributed by atoms with Crippen LogP contribution in [0.25, 0.3) is 0 Å². The predicted octanol–water partition coefficient (Wildman–Crippen LogP) is 4.21. The Morgan fingerprint density at radius 2 is 1.91 bits per heavy atom. The maximum Gasteiger partial charge on any atom is 0.411 e. The Labute approximate surface area is 136 Å². The maximum absolute atomic E-state index is 12.5. The van der Waals surface area contributed by atoms with Gasteiger partial charge in [-0.3, -0.25) is 0 Å². The van der Waals surface area contributed by atoms with Crippen molar-refractivity contribution in [2.45, 2.75) is 31.9 Å². The molecule has 3 rings (SSSR count). The number of hydrogen-bond donors (Lipinski definition) is 1. The van der Waals surface area contributed by atoms with Crippen molar-refractivity contribution in [3.63, 3.8) is 0 Å². The summed E-state index contributed by atoms with van der Waals surface area (Å²) in [5.41, 5.74) is 1.32. The van der Waals surface area contributed by atoms with Crippen LogP contribution in [0, 0.1) is 0 Å². The fourth-order valence-electron chi connectivity index (χ4n) is 3.04. The fraction of sp³-hybridized carbons (Fsp3) is 0.316. The number of cyclic esters (lactones) is 1. The summed E-state index contributed by atoms with van der Waals surface area (Å²) < 4.78 is 5.77. The minimum Gasteiger partial charge on any atom is -0.508 e. The standard InChI is InChI=1S/C19H21NO3/c1-14(15-7-6-10-17(21)13-15)20-12-11-19(2,23-18(20)22)16-8-4-3-5-9-16/h3-10,13-14,21H,11-12H2,1-2H3/t14-,19+/m0/s1. The summed E-state index contributed by atoms with van der Waals surface area (Å²) in [6.07, 6.45) is 0.407. The molecule has 0 bridgehead atoms. The second-order valence-corrected chi connectivity index (χ2v) is 6.18. The molecule has 0 unspecified atom stereocenters. The van der Waals surface area contributed by atoms with Crippen LogP contribution in [-0.4, -0.2) is 22.6 Å². The minimum absolute atomic E-state index is 0.144. The average Bonchev–Trinajstić information content (AvgIpc) is 2.55. The number of benzene rings is 2. The van der Waals surface area contributed by atoms with Crippen molar-refractivity contribution in [2.24, 2.45) is 0 Å². The predicted molar refractivity (Wildman–Crippen MR) is 88.1 cm³/mol. The monoisotopic (exact) mass is 311 g/mol. The highest BCUT2D eigenvalue weighted by molar-refractivity contribution is 5.70. The first kappa shape index (κ1) is 15.4. The van der Waals surface area contributed by atoms with Gasteiger partial charge in [0.15, 0.2) is 0 Å². The number of ether oxygens (including phenoxy) is 1. The van der Waals surface area contributed by atoms with Gasteiger partial charge in [0.05, 0.1) is 6.04 Å². The maximum atomic E-state index is 12.5. The third-order valence-electron chi connectivity index (χ3n) is 4.58. The number of nitrogens with zero attached hydrogens (tertiary/aromatic N) is 1. The van der Waals surface area contributed by atoms with Gasteiger partial charge in [-0.25, -0.2) is 4.79 Å². The Balaban J connectivity index is 1.78. The summed E-state index contributed by atoms with van der Waals surface area (Å²) in [4.78, 5) is 14.2. The molecule has 1 heterocycles. The molecule has 0 spiro atoms. The number of carbonyl (C=O) groups is 1. The molecule has 0 radical (unpaired) electrons. The zero-order chi connectivity index (χ0) is 16.4. The zero-order valence-electron chi connectivity index (χ0n) is 13.4. The van der Waals surface area contributed by atoms with E-state index in [-0.39, 0.29) is 17.9 Å². The first-order chi connectivity index (χ1) is 11.0. The number of aromatic hydroxyl groups is 1. The highest BCUT2D eigenvalue weighted by Gasteiger charge is 2.39. The summed E-state index contributed by atoms with van der Waals surface area (Å²) in [5.74, 6) is 0.203. The van der Waals surface area contributed by atoms with Gasteiger partial charge in [0, 0.05) is 13.0 Å².